The highest BCUT2D eigenvalue weighted by molar-refractivity contribution is 7.15. The average Bonchev–Trinajstić information content (AvgIpc) is 2.84. The van der Waals surface area contributed by atoms with E-state index in [1.165, 1.54) is 30.6 Å². The molecule has 0 bridgehead atoms. The number of aryl methyl sites for hydroxylation is 1. The van der Waals surface area contributed by atoms with E-state index in [2.05, 4.69) is 15.5 Å². The molecule has 1 aliphatic carbocycles. The number of nitrogens with one attached hydrogen (secondary N) is 1. The molecule has 1 N–H and O–H groups in total. The summed E-state index contributed by atoms with van der Waals surface area (Å²) in [5, 5.41) is 13.4. The van der Waals surface area contributed by atoms with Gasteiger partial charge in [-0.25, -0.2) is 0 Å². The topological polar surface area (TPSA) is 54.9 Å². The predicted octanol–water partition coefficient (Wildman–Crippen LogP) is 4.03. The lowest BCUT2D eigenvalue weighted by atomic mass is 9.86. The van der Waals surface area contributed by atoms with Gasteiger partial charge in [-0.3, -0.25) is 4.79 Å². The predicted molar refractivity (Wildman–Crippen MR) is 84.9 cm³/mol. The second-order valence-corrected chi connectivity index (χ2v) is 6.63. The Morgan fingerprint density at radius 3 is 2.86 bits per heavy atom. The third-order valence-electron chi connectivity index (χ3n) is 3.72. The summed E-state index contributed by atoms with van der Waals surface area (Å²) in [6, 6.07) is 7.59. The number of halogens is 1. The summed E-state index contributed by atoms with van der Waals surface area (Å²) in [5.74, 6) is 0.502. The highest BCUT2D eigenvalue weighted by atomic mass is 35.5. The van der Waals surface area contributed by atoms with Gasteiger partial charge in [0.1, 0.15) is 5.01 Å². The second kappa shape index (κ2) is 6.54. The number of benzene rings is 1. The Bertz CT molecular complexity index is 639. The maximum atomic E-state index is 11.9. The highest BCUT2D eigenvalue weighted by Crippen LogP contribution is 2.38. The minimum absolute atomic E-state index is 0.0498. The van der Waals surface area contributed by atoms with Crippen LogP contribution in [-0.2, 0) is 11.2 Å². The van der Waals surface area contributed by atoms with E-state index in [4.69, 9.17) is 11.6 Å². The zero-order valence-electron chi connectivity index (χ0n) is 11.5. The summed E-state index contributed by atoms with van der Waals surface area (Å²) in [5.41, 5.74) is 0.988. The molecule has 4 nitrogen and oxygen atoms in total. The molecule has 1 aromatic heterocycles. The van der Waals surface area contributed by atoms with Crippen LogP contribution in [-0.4, -0.2) is 16.1 Å². The van der Waals surface area contributed by atoms with Crippen molar-refractivity contribution in [2.45, 2.75) is 38.0 Å². The Balaban J connectivity index is 1.52. The van der Waals surface area contributed by atoms with Crippen LogP contribution in [0.4, 0.5) is 5.13 Å². The number of hydrogen-bond acceptors (Lipinski definition) is 4. The monoisotopic (exact) mass is 321 g/mol. The second-order valence-electron chi connectivity index (χ2n) is 5.21. The molecule has 1 amide bonds. The lowest BCUT2D eigenvalue weighted by Crippen LogP contribution is -2.12. The number of hydrogen-bond donors (Lipinski definition) is 1. The standard InChI is InChI=1S/C15H16ClN3OS/c16-12-7-2-1-4-10(12)8-9-13(20)17-15-19-18-14(21-15)11-5-3-6-11/h1-2,4,7,11H,3,5-6,8-9H2,(H,17,19,20). The van der Waals surface area contributed by atoms with Crippen molar-refractivity contribution >= 4 is 34.0 Å². The van der Waals surface area contributed by atoms with Gasteiger partial charge in [-0.05, 0) is 30.9 Å². The number of rotatable bonds is 5. The summed E-state index contributed by atoms with van der Waals surface area (Å²) in [4.78, 5) is 11.9. The average molecular weight is 322 g/mol. The van der Waals surface area contributed by atoms with Crippen LogP contribution < -0.4 is 5.32 Å². The van der Waals surface area contributed by atoms with Gasteiger partial charge in [0.25, 0.3) is 0 Å². The first-order valence-corrected chi connectivity index (χ1v) is 8.28. The van der Waals surface area contributed by atoms with Gasteiger partial charge >= 0.3 is 0 Å². The molecule has 0 aliphatic heterocycles. The number of anilines is 1. The van der Waals surface area contributed by atoms with Gasteiger partial charge < -0.3 is 5.32 Å². The normalized spacial score (nSPS) is 14.7. The largest absolute Gasteiger partial charge is 0.301 e. The Morgan fingerprint density at radius 2 is 2.14 bits per heavy atom. The summed E-state index contributed by atoms with van der Waals surface area (Å²) >= 11 is 7.57. The van der Waals surface area contributed by atoms with Crippen LogP contribution in [0.15, 0.2) is 24.3 Å². The molecule has 21 heavy (non-hydrogen) atoms. The zero-order valence-corrected chi connectivity index (χ0v) is 13.1. The molecule has 1 aliphatic rings. The van der Waals surface area contributed by atoms with Crippen molar-refractivity contribution in [3.05, 3.63) is 39.9 Å². The first kappa shape index (κ1) is 14.5. The van der Waals surface area contributed by atoms with E-state index in [1.807, 2.05) is 24.3 Å². The Morgan fingerprint density at radius 1 is 1.33 bits per heavy atom. The zero-order chi connectivity index (χ0) is 14.7. The summed E-state index contributed by atoms with van der Waals surface area (Å²) in [7, 11) is 0. The molecule has 2 aromatic rings. The molecule has 0 radical (unpaired) electrons. The molecular weight excluding hydrogens is 306 g/mol. The number of carbonyl (C=O) groups is 1. The van der Waals surface area contributed by atoms with Gasteiger partial charge in [0.05, 0.1) is 0 Å². The Hall–Kier alpha value is -1.46. The first-order chi connectivity index (χ1) is 10.2. The van der Waals surface area contributed by atoms with Gasteiger partial charge in [-0.2, -0.15) is 0 Å². The van der Waals surface area contributed by atoms with E-state index in [0.717, 1.165) is 10.6 Å². The SMILES string of the molecule is O=C(CCc1ccccc1Cl)Nc1nnc(C2CCC2)s1. The van der Waals surface area contributed by atoms with Crippen LogP contribution in [0.5, 0.6) is 0 Å². The summed E-state index contributed by atoms with van der Waals surface area (Å²) in [6.45, 7) is 0. The summed E-state index contributed by atoms with van der Waals surface area (Å²) < 4.78 is 0. The fourth-order valence-electron chi connectivity index (χ4n) is 2.24. The van der Waals surface area contributed by atoms with Crippen molar-refractivity contribution in [3.8, 4) is 0 Å². The maximum absolute atomic E-state index is 11.9. The molecule has 1 heterocycles. The van der Waals surface area contributed by atoms with E-state index in [9.17, 15) is 4.79 Å². The molecule has 0 atom stereocenters. The van der Waals surface area contributed by atoms with Crippen LogP contribution >= 0.6 is 22.9 Å². The van der Waals surface area contributed by atoms with E-state index in [0.29, 0.717) is 28.9 Å². The lowest BCUT2D eigenvalue weighted by Gasteiger charge is -2.21. The lowest BCUT2D eigenvalue weighted by molar-refractivity contribution is -0.116. The minimum atomic E-state index is -0.0498. The summed E-state index contributed by atoms with van der Waals surface area (Å²) in [6.07, 6.45) is 4.66. The van der Waals surface area contributed by atoms with Crippen molar-refractivity contribution in [2.75, 3.05) is 5.32 Å². The minimum Gasteiger partial charge on any atom is -0.301 e. The first-order valence-electron chi connectivity index (χ1n) is 7.09. The van der Waals surface area contributed by atoms with E-state index in [1.54, 1.807) is 0 Å². The molecule has 1 fully saturated rings. The fraction of sp³-hybridized carbons (Fsp3) is 0.400. The van der Waals surface area contributed by atoms with E-state index >= 15 is 0 Å². The van der Waals surface area contributed by atoms with Crippen molar-refractivity contribution in [2.24, 2.45) is 0 Å². The third-order valence-corrected chi connectivity index (χ3v) is 5.09. The molecule has 6 heteroatoms. The van der Waals surface area contributed by atoms with Crippen molar-refractivity contribution < 1.29 is 4.79 Å². The number of nitrogens with zero attached hydrogens (tertiary/aromatic N) is 2. The van der Waals surface area contributed by atoms with Crippen LogP contribution in [0.25, 0.3) is 0 Å². The smallest absolute Gasteiger partial charge is 0.226 e. The van der Waals surface area contributed by atoms with Crippen LogP contribution in [0.1, 0.15) is 42.2 Å². The molecule has 0 unspecified atom stereocenters. The van der Waals surface area contributed by atoms with Crippen molar-refractivity contribution in [1.29, 1.82) is 0 Å². The van der Waals surface area contributed by atoms with E-state index < -0.39 is 0 Å². The highest BCUT2D eigenvalue weighted by Gasteiger charge is 2.23. The van der Waals surface area contributed by atoms with Gasteiger partial charge in [0, 0.05) is 17.4 Å². The molecule has 1 aromatic carbocycles. The molecule has 3 rings (SSSR count). The Kier molecular flexibility index (Phi) is 4.51. The molecule has 0 saturated heterocycles. The third kappa shape index (κ3) is 3.60. The van der Waals surface area contributed by atoms with Gasteiger partial charge in [-0.15, -0.1) is 10.2 Å². The van der Waals surface area contributed by atoms with Crippen LogP contribution in [0, 0.1) is 0 Å². The van der Waals surface area contributed by atoms with Gasteiger partial charge in [0.15, 0.2) is 0 Å². The molecule has 110 valence electrons. The van der Waals surface area contributed by atoms with Crippen LogP contribution in [0.2, 0.25) is 5.02 Å². The van der Waals surface area contributed by atoms with E-state index in [-0.39, 0.29) is 5.91 Å². The van der Waals surface area contributed by atoms with Crippen molar-refractivity contribution in [1.82, 2.24) is 10.2 Å². The number of amides is 1. The molecular formula is C15H16ClN3OS. The Labute approximate surface area is 132 Å². The molecule has 0 spiro atoms. The molecule has 1 saturated carbocycles. The maximum Gasteiger partial charge on any atom is 0.226 e. The van der Waals surface area contributed by atoms with Crippen molar-refractivity contribution in [3.63, 3.8) is 0 Å². The van der Waals surface area contributed by atoms with Gasteiger partial charge in [0.2, 0.25) is 11.0 Å². The fourth-order valence-corrected chi connectivity index (χ4v) is 3.40. The number of carbonyl (C=O) groups excluding carboxylic acids is 1. The van der Waals surface area contributed by atoms with Gasteiger partial charge in [-0.1, -0.05) is 47.6 Å². The van der Waals surface area contributed by atoms with Crippen LogP contribution in [0.3, 0.4) is 0 Å². The quantitative estimate of drug-likeness (QED) is 0.904. The number of aromatic nitrogens is 2.